The predicted octanol–water partition coefficient (Wildman–Crippen LogP) is 3.62. The van der Waals surface area contributed by atoms with E-state index >= 15 is 0 Å². The van der Waals surface area contributed by atoms with Gasteiger partial charge in [0.15, 0.2) is 5.58 Å². The number of aromatic nitrogens is 1. The Bertz CT molecular complexity index is 1090. The summed E-state index contributed by atoms with van der Waals surface area (Å²) < 4.78 is 33.2. The smallest absolute Gasteiger partial charge is 0.335 e. The van der Waals surface area contributed by atoms with Crippen molar-refractivity contribution in [2.24, 2.45) is 0 Å². The maximum atomic E-state index is 12.5. The first-order chi connectivity index (χ1) is 12.1. The molecule has 2 N–H and O–H groups in total. The molecule has 3 aromatic rings. The molecule has 0 saturated carbocycles. The van der Waals surface area contributed by atoms with Crippen molar-refractivity contribution in [3.8, 4) is 0 Å². The molecule has 2 aromatic carbocycles. The topological polar surface area (TPSA) is 110 Å². The number of nitrogens with zero attached hydrogens (tertiary/aromatic N) is 1. The van der Waals surface area contributed by atoms with Crippen molar-refractivity contribution in [2.45, 2.75) is 31.1 Å². The molecule has 1 heterocycles. The molecule has 0 bridgehead atoms. The summed E-state index contributed by atoms with van der Waals surface area (Å²) in [4.78, 5) is 15.3. The lowest BCUT2D eigenvalue weighted by Crippen LogP contribution is -2.13. The first-order valence-electron chi connectivity index (χ1n) is 7.83. The largest absolute Gasteiger partial charge is 0.478 e. The summed E-state index contributed by atoms with van der Waals surface area (Å²) in [5.41, 5.74) is 1.04. The highest BCUT2D eigenvalue weighted by molar-refractivity contribution is 7.92. The average molecular weight is 374 g/mol. The SMILES string of the molecule is CC(C)(C)c1nc2cc(NS(=O)(=O)c3cccc(C(=O)O)c3)ccc2o1. The maximum Gasteiger partial charge on any atom is 0.335 e. The van der Waals surface area contributed by atoms with Crippen molar-refractivity contribution in [3.63, 3.8) is 0 Å². The molecule has 0 atom stereocenters. The summed E-state index contributed by atoms with van der Waals surface area (Å²) in [6, 6.07) is 9.94. The maximum absolute atomic E-state index is 12.5. The van der Waals surface area contributed by atoms with Crippen LogP contribution in [0.2, 0.25) is 0 Å². The van der Waals surface area contributed by atoms with Crippen molar-refractivity contribution < 1.29 is 22.7 Å². The number of sulfonamides is 1. The van der Waals surface area contributed by atoms with Gasteiger partial charge in [0.05, 0.1) is 16.1 Å². The molecule has 0 radical (unpaired) electrons. The van der Waals surface area contributed by atoms with Gasteiger partial charge in [0.1, 0.15) is 5.52 Å². The number of aromatic carboxylic acids is 1. The van der Waals surface area contributed by atoms with Crippen LogP contribution in [0.4, 0.5) is 5.69 Å². The van der Waals surface area contributed by atoms with E-state index < -0.39 is 16.0 Å². The molecule has 0 unspecified atom stereocenters. The van der Waals surface area contributed by atoms with E-state index in [1.807, 2.05) is 20.8 Å². The normalized spacial score (nSPS) is 12.3. The minimum atomic E-state index is -3.93. The van der Waals surface area contributed by atoms with E-state index in [9.17, 15) is 13.2 Å². The number of carboxylic acid groups (broad SMARTS) is 1. The number of hydrogen-bond donors (Lipinski definition) is 2. The van der Waals surface area contributed by atoms with Gasteiger partial charge < -0.3 is 9.52 Å². The minimum Gasteiger partial charge on any atom is -0.478 e. The monoisotopic (exact) mass is 374 g/mol. The molecular weight excluding hydrogens is 356 g/mol. The number of carbonyl (C=O) groups is 1. The second kappa shape index (κ2) is 6.14. The number of oxazole rings is 1. The van der Waals surface area contributed by atoms with Crippen molar-refractivity contribution >= 4 is 32.8 Å². The summed E-state index contributed by atoms with van der Waals surface area (Å²) in [6.45, 7) is 5.91. The Hall–Kier alpha value is -2.87. The molecule has 1 aromatic heterocycles. The van der Waals surface area contributed by atoms with E-state index in [2.05, 4.69) is 9.71 Å². The van der Waals surface area contributed by atoms with Gasteiger partial charge in [-0.3, -0.25) is 4.72 Å². The summed E-state index contributed by atoms with van der Waals surface area (Å²) in [6.07, 6.45) is 0. The van der Waals surface area contributed by atoms with Crippen LogP contribution in [0.25, 0.3) is 11.1 Å². The Balaban J connectivity index is 1.94. The summed E-state index contributed by atoms with van der Waals surface area (Å²) >= 11 is 0. The van der Waals surface area contributed by atoms with Gasteiger partial charge in [0.25, 0.3) is 10.0 Å². The number of rotatable bonds is 4. The van der Waals surface area contributed by atoms with Gasteiger partial charge in [-0.1, -0.05) is 26.8 Å². The Kier molecular flexibility index (Phi) is 4.23. The van der Waals surface area contributed by atoms with Gasteiger partial charge in [-0.25, -0.2) is 18.2 Å². The number of anilines is 1. The van der Waals surface area contributed by atoms with Gasteiger partial charge in [0.2, 0.25) is 5.89 Å². The fourth-order valence-electron chi connectivity index (χ4n) is 2.32. The highest BCUT2D eigenvalue weighted by Crippen LogP contribution is 2.28. The molecule has 0 aliphatic carbocycles. The van der Waals surface area contributed by atoms with Crippen LogP contribution in [0, 0.1) is 0 Å². The van der Waals surface area contributed by atoms with Crippen LogP contribution in [0.5, 0.6) is 0 Å². The molecule has 7 nitrogen and oxygen atoms in total. The third-order valence-electron chi connectivity index (χ3n) is 3.67. The molecule has 8 heteroatoms. The lowest BCUT2D eigenvalue weighted by Gasteiger charge is -2.11. The summed E-state index contributed by atoms with van der Waals surface area (Å²) in [5.74, 6) is -0.637. The Morgan fingerprint density at radius 2 is 1.88 bits per heavy atom. The van der Waals surface area contributed by atoms with Crippen LogP contribution in [0.15, 0.2) is 51.8 Å². The van der Waals surface area contributed by atoms with Crippen LogP contribution >= 0.6 is 0 Å². The van der Waals surface area contributed by atoms with Crippen molar-refractivity contribution in [1.82, 2.24) is 4.98 Å². The van der Waals surface area contributed by atoms with Crippen molar-refractivity contribution in [3.05, 3.63) is 53.9 Å². The van der Waals surface area contributed by atoms with E-state index in [0.29, 0.717) is 22.7 Å². The quantitative estimate of drug-likeness (QED) is 0.722. The fourth-order valence-corrected chi connectivity index (χ4v) is 3.42. The van der Waals surface area contributed by atoms with Crippen molar-refractivity contribution in [1.29, 1.82) is 0 Å². The third kappa shape index (κ3) is 3.55. The highest BCUT2D eigenvalue weighted by atomic mass is 32.2. The molecule has 0 fully saturated rings. The zero-order chi connectivity index (χ0) is 19.1. The minimum absolute atomic E-state index is 0.102. The van der Waals surface area contributed by atoms with E-state index in [1.165, 1.54) is 18.2 Å². The lowest BCUT2D eigenvalue weighted by atomic mass is 9.97. The number of carboxylic acids is 1. The molecular formula is C18H18N2O5S. The zero-order valence-electron chi connectivity index (χ0n) is 14.5. The third-order valence-corrected chi connectivity index (χ3v) is 5.05. The number of fused-ring (bicyclic) bond motifs is 1. The molecule has 0 amide bonds. The first-order valence-corrected chi connectivity index (χ1v) is 9.32. The fraction of sp³-hybridized carbons (Fsp3) is 0.222. The molecule has 0 spiro atoms. The van der Waals surface area contributed by atoms with Crippen molar-refractivity contribution in [2.75, 3.05) is 4.72 Å². The zero-order valence-corrected chi connectivity index (χ0v) is 15.3. The van der Waals surface area contributed by atoms with Gasteiger partial charge in [0, 0.05) is 5.41 Å². The Labute approximate surface area is 150 Å². The van der Waals surface area contributed by atoms with E-state index in [1.54, 1.807) is 18.2 Å². The average Bonchev–Trinajstić information content (AvgIpc) is 2.98. The molecule has 26 heavy (non-hydrogen) atoms. The van der Waals surface area contributed by atoms with Crippen LogP contribution in [-0.4, -0.2) is 24.5 Å². The number of nitrogens with one attached hydrogen (secondary N) is 1. The van der Waals surface area contributed by atoms with Gasteiger partial charge in [-0.05, 0) is 36.4 Å². The molecule has 0 saturated heterocycles. The van der Waals surface area contributed by atoms with Crippen LogP contribution in [-0.2, 0) is 15.4 Å². The Morgan fingerprint density at radius 1 is 1.15 bits per heavy atom. The predicted molar refractivity (Wildman–Crippen MR) is 96.9 cm³/mol. The summed E-state index contributed by atoms with van der Waals surface area (Å²) in [7, 11) is -3.93. The molecule has 0 aliphatic heterocycles. The molecule has 136 valence electrons. The molecule has 3 rings (SSSR count). The number of hydrogen-bond acceptors (Lipinski definition) is 5. The van der Waals surface area contributed by atoms with Crippen LogP contribution in [0.1, 0.15) is 37.0 Å². The Morgan fingerprint density at radius 3 is 2.54 bits per heavy atom. The van der Waals surface area contributed by atoms with Gasteiger partial charge in [-0.15, -0.1) is 0 Å². The van der Waals surface area contributed by atoms with Gasteiger partial charge in [-0.2, -0.15) is 0 Å². The first kappa shape index (κ1) is 17.9. The second-order valence-corrected chi connectivity index (χ2v) is 8.57. The highest BCUT2D eigenvalue weighted by Gasteiger charge is 2.22. The molecule has 0 aliphatic rings. The van der Waals surface area contributed by atoms with Crippen LogP contribution in [0.3, 0.4) is 0 Å². The van der Waals surface area contributed by atoms with E-state index in [0.717, 1.165) is 6.07 Å². The standard InChI is InChI=1S/C18H18N2O5S/c1-18(2,3)17-19-14-10-12(7-8-15(14)25-17)20-26(23,24)13-6-4-5-11(9-13)16(21)22/h4-10,20H,1-3H3,(H,21,22). The van der Waals surface area contributed by atoms with Crippen LogP contribution < -0.4 is 4.72 Å². The van der Waals surface area contributed by atoms with E-state index in [-0.39, 0.29) is 15.9 Å². The second-order valence-electron chi connectivity index (χ2n) is 6.89. The summed E-state index contributed by atoms with van der Waals surface area (Å²) in [5, 5.41) is 9.02. The number of benzene rings is 2. The lowest BCUT2D eigenvalue weighted by molar-refractivity contribution is 0.0696. The van der Waals surface area contributed by atoms with Gasteiger partial charge >= 0.3 is 5.97 Å². The van der Waals surface area contributed by atoms with E-state index in [4.69, 9.17) is 9.52 Å².